The quantitative estimate of drug-likeness (QED) is 0.804. The molecule has 0 bridgehead atoms. The molecule has 0 aliphatic carbocycles. The van der Waals surface area contributed by atoms with Gasteiger partial charge in [-0.2, -0.15) is 10.2 Å². The van der Waals surface area contributed by atoms with Gasteiger partial charge in [0.15, 0.2) is 12.4 Å². The van der Waals surface area contributed by atoms with Crippen LogP contribution in [0.3, 0.4) is 0 Å². The van der Waals surface area contributed by atoms with Gasteiger partial charge in [0, 0.05) is 6.61 Å². The molecule has 0 fully saturated rings. The Morgan fingerprint density at radius 1 is 1.45 bits per heavy atom. The molecule has 6 heteroatoms. The number of nitriles is 1. The molecular weight excluding hydrogens is 258 g/mol. The number of ether oxygens (including phenoxy) is 2. The zero-order valence-corrected chi connectivity index (χ0v) is 11.4. The van der Waals surface area contributed by atoms with Gasteiger partial charge in [0.25, 0.3) is 5.89 Å². The van der Waals surface area contributed by atoms with E-state index < -0.39 is 0 Å². The Hall–Kier alpha value is -2.39. The Balaban J connectivity index is 1.95. The minimum absolute atomic E-state index is 0.153. The molecule has 0 radical (unpaired) electrons. The first-order chi connectivity index (χ1) is 9.72. The average Bonchev–Trinajstić information content (AvgIpc) is 2.94. The van der Waals surface area contributed by atoms with E-state index in [1.165, 1.54) is 0 Å². The summed E-state index contributed by atoms with van der Waals surface area (Å²) in [5.41, 5.74) is 0.540. The van der Waals surface area contributed by atoms with Crippen LogP contribution in [0.25, 0.3) is 0 Å². The largest absolute Gasteiger partial charge is 0.484 e. The van der Waals surface area contributed by atoms with Crippen LogP contribution in [0.15, 0.2) is 28.8 Å². The van der Waals surface area contributed by atoms with Gasteiger partial charge in [-0.3, -0.25) is 0 Å². The van der Waals surface area contributed by atoms with Crippen LogP contribution in [-0.4, -0.2) is 16.7 Å². The molecule has 1 aromatic heterocycles. The molecule has 2 rings (SSSR count). The van der Waals surface area contributed by atoms with Crippen molar-refractivity contribution in [3.05, 3.63) is 41.5 Å². The van der Waals surface area contributed by atoms with Crippen molar-refractivity contribution in [2.24, 2.45) is 0 Å². The van der Waals surface area contributed by atoms with Crippen molar-refractivity contribution in [1.82, 2.24) is 10.1 Å². The van der Waals surface area contributed by atoms with Crippen LogP contribution in [0.2, 0.25) is 0 Å². The van der Waals surface area contributed by atoms with Crippen molar-refractivity contribution in [2.45, 2.75) is 26.6 Å². The lowest BCUT2D eigenvalue weighted by atomic mass is 10.2. The van der Waals surface area contributed by atoms with E-state index in [9.17, 15) is 0 Å². The number of benzene rings is 1. The van der Waals surface area contributed by atoms with E-state index >= 15 is 0 Å². The molecule has 0 N–H and O–H groups in total. The summed E-state index contributed by atoms with van der Waals surface area (Å²) in [6.45, 7) is 4.50. The molecule has 6 nitrogen and oxygen atoms in total. The van der Waals surface area contributed by atoms with E-state index in [2.05, 4.69) is 16.2 Å². The zero-order valence-electron chi connectivity index (χ0n) is 11.4. The number of rotatable bonds is 6. The first-order valence-electron chi connectivity index (χ1n) is 6.30. The molecule has 0 aliphatic heterocycles. The van der Waals surface area contributed by atoms with Crippen molar-refractivity contribution in [3.8, 4) is 11.8 Å². The lowest BCUT2D eigenvalue weighted by Gasteiger charge is -2.05. The van der Waals surface area contributed by atoms with Crippen molar-refractivity contribution in [3.63, 3.8) is 0 Å². The molecule has 2 aromatic rings. The highest BCUT2D eigenvalue weighted by molar-refractivity contribution is 5.36. The number of hydrogen-bond acceptors (Lipinski definition) is 6. The van der Waals surface area contributed by atoms with E-state index in [1.54, 1.807) is 24.3 Å². The monoisotopic (exact) mass is 273 g/mol. The summed E-state index contributed by atoms with van der Waals surface area (Å²) >= 11 is 0. The number of hydrogen-bond donors (Lipinski definition) is 0. The summed E-state index contributed by atoms with van der Waals surface area (Å²) in [5, 5.41) is 12.6. The van der Waals surface area contributed by atoms with Gasteiger partial charge in [-0.15, -0.1) is 0 Å². The Kier molecular flexibility index (Phi) is 4.69. The lowest BCUT2D eigenvalue weighted by Crippen LogP contribution is -2.02. The second-order valence-electron chi connectivity index (χ2n) is 4.07. The summed E-state index contributed by atoms with van der Waals surface area (Å²) in [5.74, 6) is 1.45. The molecule has 0 aliphatic rings. The van der Waals surface area contributed by atoms with Gasteiger partial charge in [-0.25, -0.2) is 0 Å². The fourth-order valence-electron chi connectivity index (χ4n) is 1.62. The normalized spacial score (nSPS) is 11.8. The Labute approximate surface area is 116 Å². The number of aromatic nitrogens is 2. The van der Waals surface area contributed by atoms with Gasteiger partial charge in [0.05, 0.1) is 11.6 Å². The average molecular weight is 273 g/mol. The predicted molar refractivity (Wildman–Crippen MR) is 69.8 cm³/mol. The maximum absolute atomic E-state index is 8.80. The van der Waals surface area contributed by atoms with E-state index in [0.29, 0.717) is 29.6 Å². The van der Waals surface area contributed by atoms with Gasteiger partial charge in [0.1, 0.15) is 11.9 Å². The Morgan fingerprint density at radius 2 is 2.30 bits per heavy atom. The highest BCUT2D eigenvalue weighted by Gasteiger charge is 2.13. The molecule has 0 amide bonds. The minimum Gasteiger partial charge on any atom is -0.484 e. The Bertz CT molecular complexity index is 604. The molecule has 104 valence electrons. The minimum atomic E-state index is -0.209. The second-order valence-corrected chi connectivity index (χ2v) is 4.07. The van der Waals surface area contributed by atoms with Crippen LogP contribution in [-0.2, 0) is 11.3 Å². The highest BCUT2D eigenvalue weighted by Crippen LogP contribution is 2.16. The summed E-state index contributed by atoms with van der Waals surface area (Å²) in [6, 6.07) is 8.93. The third kappa shape index (κ3) is 3.56. The predicted octanol–water partition coefficient (Wildman–Crippen LogP) is 2.62. The van der Waals surface area contributed by atoms with Crippen molar-refractivity contribution in [1.29, 1.82) is 5.26 Å². The topological polar surface area (TPSA) is 81.2 Å². The summed E-state index contributed by atoms with van der Waals surface area (Å²) in [4.78, 5) is 4.19. The molecule has 1 unspecified atom stereocenters. The summed E-state index contributed by atoms with van der Waals surface area (Å²) < 4.78 is 16.0. The lowest BCUT2D eigenvalue weighted by molar-refractivity contribution is 0.0683. The van der Waals surface area contributed by atoms with Crippen molar-refractivity contribution < 1.29 is 14.0 Å². The van der Waals surface area contributed by atoms with E-state index in [0.717, 1.165) is 0 Å². The smallest absolute Gasteiger partial charge is 0.264 e. The van der Waals surface area contributed by atoms with Gasteiger partial charge in [-0.1, -0.05) is 11.2 Å². The standard InChI is InChI=1S/C14H15N3O3/c1-3-18-10(2)14-16-13(20-17-14)9-19-12-6-4-5-11(7-12)8-15/h4-7,10H,3,9H2,1-2H3. The molecule has 1 atom stereocenters. The zero-order chi connectivity index (χ0) is 14.4. The van der Waals surface area contributed by atoms with Gasteiger partial charge < -0.3 is 14.0 Å². The van der Waals surface area contributed by atoms with E-state index in [4.69, 9.17) is 19.3 Å². The summed E-state index contributed by atoms with van der Waals surface area (Å²) in [7, 11) is 0. The fourth-order valence-corrected chi connectivity index (χ4v) is 1.62. The summed E-state index contributed by atoms with van der Waals surface area (Å²) in [6.07, 6.45) is -0.209. The molecule has 0 saturated heterocycles. The van der Waals surface area contributed by atoms with Crippen LogP contribution < -0.4 is 4.74 Å². The Morgan fingerprint density at radius 3 is 3.05 bits per heavy atom. The molecule has 1 aromatic carbocycles. The maximum Gasteiger partial charge on any atom is 0.264 e. The molecule has 0 saturated carbocycles. The maximum atomic E-state index is 8.80. The third-order valence-corrected chi connectivity index (χ3v) is 2.59. The van der Waals surface area contributed by atoms with Crippen molar-refractivity contribution in [2.75, 3.05) is 6.61 Å². The van der Waals surface area contributed by atoms with Crippen LogP contribution in [0.4, 0.5) is 0 Å². The SMILES string of the molecule is CCOC(C)c1noc(COc2cccc(C#N)c2)n1. The highest BCUT2D eigenvalue weighted by atomic mass is 16.5. The van der Waals surface area contributed by atoms with E-state index in [1.807, 2.05) is 13.8 Å². The van der Waals surface area contributed by atoms with Crippen LogP contribution in [0, 0.1) is 11.3 Å². The third-order valence-electron chi connectivity index (χ3n) is 2.59. The molecule has 0 spiro atoms. The van der Waals surface area contributed by atoms with Crippen LogP contribution in [0.5, 0.6) is 5.75 Å². The molecule has 20 heavy (non-hydrogen) atoms. The van der Waals surface area contributed by atoms with Crippen LogP contribution in [0.1, 0.15) is 37.2 Å². The van der Waals surface area contributed by atoms with Crippen molar-refractivity contribution >= 4 is 0 Å². The van der Waals surface area contributed by atoms with Crippen LogP contribution >= 0.6 is 0 Å². The first-order valence-corrected chi connectivity index (χ1v) is 6.30. The van der Waals surface area contributed by atoms with Gasteiger partial charge in [0.2, 0.25) is 0 Å². The van der Waals surface area contributed by atoms with E-state index in [-0.39, 0.29) is 12.7 Å². The molecule has 1 heterocycles. The molecular formula is C14H15N3O3. The first kappa shape index (κ1) is 14.0. The fraction of sp³-hybridized carbons (Fsp3) is 0.357. The van der Waals surface area contributed by atoms with Gasteiger partial charge >= 0.3 is 0 Å². The van der Waals surface area contributed by atoms with Gasteiger partial charge in [-0.05, 0) is 32.0 Å². The second kappa shape index (κ2) is 6.68. The number of nitrogens with zero attached hydrogens (tertiary/aromatic N) is 3.